The van der Waals surface area contributed by atoms with E-state index < -0.39 is 24.5 Å². The van der Waals surface area contributed by atoms with E-state index in [0.717, 1.165) is 5.56 Å². The standard InChI is InChI=1S/C22H21N3O6S/c1-14-3-7-17(8-4-14)30-12-20-24-18(13-32-20)21(27)31-11-19(26)25-22(28)23-15-5-9-16(29-2)10-6-15/h3-10,13H,11-12H2,1-2H3,(H2,23,25,26,28). The summed E-state index contributed by atoms with van der Waals surface area (Å²) in [7, 11) is 1.53. The molecule has 2 N–H and O–H groups in total. The molecule has 0 bridgehead atoms. The first-order valence-corrected chi connectivity index (χ1v) is 10.4. The second-order valence-corrected chi connectivity index (χ2v) is 7.48. The van der Waals surface area contributed by atoms with E-state index in [1.807, 2.05) is 31.2 Å². The van der Waals surface area contributed by atoms with E-state index in [0.29, 0.717) is 22.2 Å². The van der Waals surface area contributed by atoms with Crippen LogP contribution in [-0.2, 0) is 16.1 Å². The Morgan fingerprint density at radius 1 is 1.00 bits per heavy atom. The molecule has 0 saturated carbocycles. The number of aromatic nitrogens is 1. The number of urea groups is 1. The van der Waals surface area contributed by atoms with Crippen LogP contribution in [-0.4, -0.2) is 36.6 Å². The fraction of sp³-hybridized carbons (Fsp3) is 0.182. The van der Waals surface area contributed by atoms with Gasteiger partial charge in [-0.2, -0.15) is 0 Å². The van der Waals surface area contributed by atoms with Crippen LogP contribution in [0.4, 0.5) is 10.5 Å². The highest BCUT2D eigenvalue weighted by Crippen LogP contribution is 2.17. The van der Waals surface area contributed by atoms with Gasteiger partial charge in [0.25, 0.3) is 5.91 Å². The Bertz CT molecular complexity index is 1080. The fourth-order valence-corrected chi connectivity index (χ4v) is 3.13. The summed E-state index contributed by atoms with van der Waals surface area (Å²) in [6, 6.07) is 13.4. The predicted molar refractivity (Wildman–Crippen MR) is 118 cm³/mol. The molecule has 0 radical (unpaired) electrons. The summed E-state index contributed by atoms with van der Waals surface area (Å²) in [5.41, 5.74) is 1.66. The number of methoxy groups -OCH3 is 1. The van der Waals surface area contributed by atoms with Crippen LogP contribution in [0.5, 0.6) is 11.5 Å². The van der Waals surface area contributed by atoms with Crippen molar-refractivity contribution < 1.29 is 28.6 Å². The minimum Gasteiger partial charge on any atom is -0.497 e. The number of aryl methyl sites for hydroxylation is 1. The van der Waals surface area contributed by atoms with Gasteiger partial charge in [0.15, 0.2) is 12.3 Å². The molecule has 0 aliphatic carbocycles. The van der Waals surface area contributed by atoms with E-state index in [1.54, 1.807) is 24.3 Å². The molecule has 0 spiro atoms. The van der Waals surface area contributed by atoms with Crippen molar-refractivity contribution in [2.45, 2.75) is 13.5 Å². The molecule has 1 heterocycles. The monoisotopic (exact) mass is 455 g/mol. The number of esters is 1. The molecule has 3 aromatic rings. The first kappa shape index (κ1) is 22.8. The van der Waals surface area contributed by atoms with Crippen molar-refractivity contribution in [1.82, 2.24) is 10.3 Å². The van der Waals surface area contributed by atoms with Crippen molar-refractivity contribution in [2.75, 3.05) is 19.0 Å². The van der Waals surface area contributed by atoms with Gasteiger partial charge in [-0.1, -0.05) is 17.7 Å². The molecular weight excluding hydrogens is 434 g/mol. The maximum atomic E-state index is 12.1. The van der Waals surface area contributed by atoms with Crippen molar-refractivity contribution in [3.8, 4) is 11.5 Å². The third-order valence-electron chi connectivity index (χ3n) is 4.08. The second-order valence-electron chi connectivity index (χ2n) is 6.54. The number of nitrogens with one attached hydrogen (secondary N) is 2. The smallest absolute Gasteiger partial charge is 0.358 e. The molecule has 1 aromatic heterocycles. The number of amides is 3. The molecule has 0 fully saturated rings. The number of rotatable bonds is 8. The summed E-state index contributed by atoms with van der Waals surface area (Å²) in [5, 5.41) is 6.66. The zero-order chi connectivity index (χ0) is 22.9. The number of nitrogens with zero attached hydrogens (tertiary/aromatic N) is 1. The highest BCUT2D eigenvalue weighted by molar-refractivity contribution is 7.09. The number of ether oxygens (including phenoxy) is 3. The Balaban J connectivity index is 1.41. The molecular formula is C22H21N3O6S. The molecule has 0 aliphatic heterocycles. The van der Waals surface area contributed by atoms with Crippen molar-refractivity contribution in [2.24, 2.45) is 0 Å². The maximum absolute atomic E-state index is 12.1. The minimum atomic E-state index is -0.775. The van der Waals surface area contributed by atoms with Gasteiger partial charge in [-0.05, 0) is 43.3 Å². The predicted octanol–water partition coefficient (Wildman–Crippen LogP) is 3.54. The number of carbonyl (C=O) groups is 3. The maximum Gasteiger partial charge on any atom is 0.358 e. The van der Waals surface area contributed by atoms with Gasteiger partial charge in [-0.25, -0.2) is 14.6 Å². The Hall–Kier alpha value is -3.92. The van der Waals surface area contributed by atoms with Gasteiger partial charge in [-0.3, -0.25) is 10.1 Å². The third-order valence-corrected chi connectivity index (χ3v) is 4.90. The lowest BCUT2D eigenvalue weighted by atomic mass is 10.2. The van der Waals surface area contributed by atoms with Crippen LogP contribution >= 0.6 is 11.3 Å². The Morgan fingerprint density at radius 2 is 1.69 bits per heavy atom. The van der Waals surface area contributed by atoms with Crippen molar-refractivity contribution in [3.63, 3.8) is 0 Å². The molecule has 166 valence electrons. The number of carbonyl (C=O) groups excluding carboxylic acids is 3. The molecule has 0 atom stereocenters. The summed E-state index contributed by atoms with van der Waals surface area (Å²) in [4.78, 5) is 40.0. The molecule has 10 heteroatoms. The van der Waals surface area contributed by atoms with Gasteiger partial charge in [0, 0.05) is 11.1 Å². The molecule has 3 rings (SSSR count). The molecule has 0 aliphatic rings. The van der Waals surface area contributed by atoms with E-state index in [-0.39, 0.29) is 12.3 Å². The molecule has 0 unspecified atom stereocenters. The lowest BCUT2D eigenvalue weighted by Crippen LogP contribution is -2.37. The molecule has 2 aromatic carbocycles. The summed E-state index contributed by atoms with van der Waals surface area (Å²) in [6.45, 7) is 1.56. The average Bonchev–Trinajstić information content (AvgIpc) is 3.27. The largest absolute Gasteiger partial charge is 0.497 e. The summed E-state index contributed by atoms with van der Waals surface area (Å²) in [5.74, 6) is -0.221. The van der Waals surface area contributed by atoms with Gasteiger partial charge in [-0.15, -0.1) is 11.3 Å². The third kappa shape index (κ3) is 6.81. The lowest BCUT2D eigenvalue weighted by Gasteiger charge is -2.07. The zero-order valence-electron chi connectivity index (χ0n) is 17.4. The molecule has 9 nitrogen and oxygen atoms in total. The van der Waals surface area contributed by atoms with Crippen molar-refractivity contribution in [1.29, 1.82) is 0 Å². The second kappa shape index (κ2) is 10.9. The van der Waals surface area contributed by atoms with Gasteiger partial charge >= 0.3 is 12.0 Å². The average molecular weight is 455 g/mol. The van der Waals surface area contributed by atoms with E-state index in [1.165, 1.54) is 23.8 Å². The van der Waals surface area contributed by atoms with Crippen LogP contribution in [0.3, 0.4) is 0 Å². The normalized spacial score (nSPS) is 10.2. The zero-order valence-corrected chi connectivity index (χ0v) is 18.2. The van der Waals surface area contributed by atoms with Crippen LogP contribution in [0.1, 0.15) is 21.1 Å². The minimum absolute atomic E-state index is 0.0630. The van der Waals surface area contributed by atoms with Crippen LogP contribution in [0, 0.1) is 6.92 Å². The van der Waals surface area contributed by atoms with Gasteiger partial charge in [0.05, 0.1) is 7.11 Å². The molecule has 0 saturated heterocycles. The van der Waals surface area contributed by atoms with Crippen LogP contribution in [0.15, 0.2) is 53.9 Å². The van der Waals surface area contributed by atoms with E-state index >= 15 is 0 Å². The Labute approximate surface area is 188 Å². The summed E-state index contributed by atoms with van der Waals surface area (Å²) in [6.07, 6.45) is 0. The van der Waals surface area contributed by atoms with Gasteiger partial charge in [0.2, 0.25) is 0 Å². The quantitative estimate of drug-likeness (QED) is 0.499. The van der Waals surface area contributed by atoms with Crippen LogP contribution in [0.25, 0.3) is 0 Å². The SMILES string of the molecule is COc1ccc(NC(=O)NC(=O)COC(=O)c2csc(COc3ccc(C)cc3)n2)cc1. The highest BCUT2D eigenvalue weighted by Gasteiger charge is 2.16. The number of thiazole rings is 1. The first-order valence-electron chi connectivity index (χ1n) is 9.49. The van der Waals surface area contributed by atoms with Gasteiger partial charge < -0.3 is 19.5 Å². The van der Waals surface area contributed by atoms with Crippen molar-refractivity contribution >= 4 is 34.9 Å². The van der Waals surface area contributed by atoms with Crippen LogP contribution in [0.2, 0.25) is 0 Å². The summed E-state index contributed by atoms with van der Waals surface area (Å²) >= 11 is 1.24. The summed E-state index contributed by atoms with van der Waals surface area (Å²) < 4.78 is 15.6. The fourth-order valence-electron chi connectivity index (χ4n) is 2.45. The van der Waals surface area contributed by atoms with Gasteiger partial charge in [0.1, 0.15) is 23.1 Å². The van der Waals surface area contributed by atoms with E-state index in [9.17, 15) is 14.4 Å². The first-order chi connectivity index (χ1) is 15.4. The lowest BCUT2D eigenvalue weighted by molar-refractivity contribution is -0.123. The van der Waals surface area contributed by atoms with E-state index in [4.69, 9.17) is 14.2 Å². The number of anilines is 1. The molecule has 32 heavy (non-hydrogen) atoms. The number of hydrogen-bond donors (Lipinski definition) is 2. The number of hydrogen-bond acceptors (Lipinski definition) is 8. The number of imide groups is 1. The number of benzene rings is 2. The topological polar surface area (TPSA) is 116 Å². The van der Waals surface area contributed by atoms with Crippen LogP contribution < -0.4 is 20.1 Å². The van der Waals surface area contributed by atoms with Crippen molar-refractivity contribution in [3.05, 3.63) is 70.2 Å². The Morgan fingerprint density at radius 3 is 2.38 bits per heavy atom. The molecule has 3 amide bonds. The highest BCUT2D eigenvalue weighted by atomic mass is 32.1. The van der Waals surface area contributed by atoms with E-state index in [2.05, 4.69) is 15.6 Å². The Kier molecular flexibility index (Phi) is 7.76.